The average molecular weight is 387 g/mol. The van der Waals surface area contributed by atoms with Crippen molar-refractivity contribution in [1.29, 1.82) is 0 Å². The Morgan fingerprint density at radius 3 is 1.50 bits per heavy atom. The van der Waals surface area contributed by atoms with Crippen LogP contribution >= 0.6 is 0 Å². The fourth-order valence-corrected chi connectivity index (χ4v) is 1.13. The van der Waals surface area contributed by atoms with Crippen LogP contribution < -0.4 is 0 Å². The predicted octanol–water partition coefficient (Wildman–Crippen LogP) is 4.15. The summed E-state index contributed by atoms with van der Waals surface area (Å²) in [7, 11) is 6.60. The van der Waals surface area contributed by atoms with Crippen molar-refractivity contribution in [3.8, 4) is 0 Å². The minimum absolute atomic E-state index is 0. The monoisotopic (exact) mass is 386 g/mol. The average Bonchev–Trinajstić information content (AvgIpc) is 1.96. The smallest absolute Gasteiger partial charge is 1.00 e. The van der Waals surface area contributed by atoms with Gasteiger partial charge in [0.15, 0.2) is 0 Å². The van der Waals surface area contributed by atoms with Crippen LogP contribution in [-0.4, -0.2) is 45.1 Å². The van der Waals surface area contributed by atoms with Gasteiger partial charge in [0.1, 0.15) is 6.54 Å². The molecule has 0 heterocycles. The molecule has 0 aliphatic heterocycles. The van der Waals surface area contributed by atoms with E-state index in [2.05, 4.69) is 51.5 Å². The summed E-state index contributed by atoms with van der Waals surface area (Å²) in [5.41, 5.74) is 1.40. The summed E-state index contributed by atoms with van der Waals surface area (Å²) in [5.74, 6) is 0. The van der Waals surface area contributed by atoms with Gasteiger partial charge in [-0.05, 0) is 0 Å². The SMILES string of the molecule is C[N+](C)(C)Cc1ccccc1.[F][Sb-]([F])([F])([F])([F])[F].[H+]. The Labute approximate surface area is 106 Å². The molecule has 1 aromatic carbocycles. The van der Waals surface area contributed by atoms with Crippen molar-refractivity contribution in [3.05, 3.63) is 35.9 Å². The third kappa shape index (κ3) is 20.9. The first-order valence-corrected chi connectivity index (χ1v) is 10.7. The molecule has 0 atom stereocenters. The van der Waals surface area contributed by atoms with E-state index in [1.54, 1.807) is 0 Å². The Balaban J connectivity index is 0. The van der Waals surface area contributed by atoms with Crippen LogP contribution in [0, 0.1) is 0 Å². The second-order valence-corrected chi connectivity index (χ2v) is 10.4. The predicted molar refractivity (Wildman–Crippen MR) is 61.7 cm³/mol. The zero-order valence-electron chi connectivity index (χ0n) is 11.3. The molecule has 0 amide bonds. The Kier molecular flexibility index (Phi) is 4.49. The third-order valence-corrected chi connectivity index (χ3v) is 1.50. The van der Waals surface area contributed by atoms with E-state index in [4.69, 9.17) is 0 Å². The number of benzene rings is 1. The van der Waals surface area contributed by atoms with E-state index in [1.165, 1.54) is 5.56 Å². The molecular formula is C10H17F6NSb+. The summed E-state index contributed by atoms with van der Waals surface area (Å²) in [4.78, 5) is 0. The molecule has 0 radical (unpaired) electrons. The van der Waals surface area contributed by atoms with Crippen molar-refractivity contribution < 1.29 is 22.8 Å². The molecule has 108 valence electrons. The van der Waals surface area contributed by atoms with Gasteiger partial charge in [-0.15, -0.1) is 0 Å². The van der Waals surface area contributed by atoms with Crippen molar-refractivity contribution in [2.45, 2.75) is 6.54 Å². The Hall–Kier alpha value is -0.422. The quantitative estimate of drug-likeness (QED) is 0.407. The maximum atomic E-state index is 9.93. The first-order valence-electron chi connectivity index (χ1n) is 4.94. The number of rotatable bonds is 2. The van der Waals surface area contributed by atoms with Crippen LogP contribution in [0.4, 0.5) is 16.9 Å². The van der Waals surface area contributed by atoms with Crippen LogP contribution in [0.2, 0.25) is 0 Å². The van der Waals surface area contributed by atoms with Gasteiger partial charge in [-0.25, -0.2) is 0 Å². The summed E-state index contributed by atoms with van der Waals surface area (Å²) >= 11 is -11.2. The number of hydrogen-bond donors (Lipinski definition) is 0. The molecule has 0 saturated carbocycles. The van der Waals surface area contributed by atoms with E-state index in [0.717, 1.165) is 11.0 Å². The van der Waals surface area contributed by atoms with Gasteiger partial charge in [-0.2, -0.15) is 0 Å². The van der Waals surface area contributed by atoms with E-state index < -0.39 is 19.5 Å². The third-order valence-electron chi connectivity index (χ3n) is 1.50. The van der Waals surface area contributed by atoms with Gasteiger partial charge < -0.3 is 4.48 Å². The molecule has 0 N–H and O–H groups in total. The summed E-state index contributed by atoms with van der Waals surface area (Å²) in [6, 6.07) is 10.6. The molecule has 0 fully saturated rings. The minimum atomic E-state index is -11.2. The molecule has 1 nitrogen and oxygen atoms in total. The molecule has 8 heteroatoms. The fraction of sp³-hybridized carbons (Fsp3) is 0.400. The van der Waals surface area contributed by atoms with Gasteiger partial charge in [-0.1, -0.05) is 30.3 Å². The molecule has 0 saturated heterocycles. The molecule has 0 bridgehead atoms. The molecular weight excluding hydrogens is 370 g/mol. The van der Waals surface area contributed by atoms with Crippen molar-refractivity contribution in [1.82, 2.24) is 0 Å². The molecule has 0 aliphatic carbocycles. The normalized spacial score (nSPS) is 16.1. The van der Waals surface area contributed by atoms with Gasteiger partial charge in [0, 0.05) is 5.56 Å². The molecule has 1 rings (SSSR count). The van der Waals surface area contributed by atoms with Gasteiger partial charge in [-0.3, -0.25) is 0 Å². The summed E-state index contributed by atoms with van der Waals surface area (Å²) in [5, 5.41) is 0. The summed E-state index contributed by atoms with van der Waals surface area (Å²) in [6.45, 7) is 1.10. The number of halogens is 6. The minimum Gasteiger partial charge on any atom is 1.00 e. The number of nitrogens with zero attached hydrogens (tertiary/aromatic N) is 1. The Bertz CT molecular complexity index is 371. The largest absolute Gasteiger partial charge is 1.00 e. The van der Waals surface area contributed by atoms with Crippen LogP contribution in [0.3, 0.4) is 0 Å². The first-order chi connectivity index (χ1) is 7.53. The second kappa shape index (κ2) is 4.60. The molecule has 18 heavy (non-hydrogen) atoms. The van der Waals surface area contributed by atoms with Crippen LogP contribution in [0.1, 0.15) is 6.99 Å². The van der Waals surface area contributed by atoms with Crippen molar-refractivity contribution in [3.63, 3.8) is 0 Å². The van der Waals surface area contributed by atoms with E-state index in [9.17, 15) is 16.9 Å². The molecule has 0 aromatic heterocycles. The van der Waals surface area contributed by atoms with Gasteiger partial charge in [0.2, 0.25) is 0 Å². The van der Waals surface area contributed by atoms with E-state index in [0.29, 0.717) is 0 Å². The molecule has 0 spiro atoms. The topological polar surface area (TPSA) is 0 Å². The van der Waals surface area contributed by atoms with E-state index >= 15 is 0 Å². The molecule has 1 aromatic rings. The molecule has 0 unspecified atom stereocenters. The van der Waals surface area contributed by atoms with E-state index in [-0.39, 0.29) is 1.43 Å². The Morgan fingerprint density at radius 2 is 1.22 bits per heavy atom. The van der Waals surface area contributed by atoms with Crippen LogP contribution in [0.25, 0.3) is 0 Å². The van der Waals surface area contributed by atoms with Crippen LogP contribution in [-0.2, 0) is 6.54 Å². The maximum Gasteiger partial charge on any atom is 1.00 e. The summed E-state index contributed by atoms with van der Waals surface area (Å²) < 4.78 is 60.5. The zero-order valence-corrected chi connectivity index (χ0v) is 12.8. The van der Waals surface area contributed by atoms with Crippen LogP contribution in [0.15, 0.2) is 30.3 Å². The maximum absolute atomic E-state index is 11.2. The van der Waals surface area contributed by atoms with Gasteiger partial charge in [0.25, 0.3) is 0 Å². The van der Waals surface area contributed by atoms with Crippen molar-refractivity contribution >= 4 is 19.5 Å². The zero-order chi connectivity index (χ0) is 14.7. The number of hydrogen-bond acceptors (Lipinski definition) is 0. The number of quaternary nitrogens is 1. The standard InChI is InChI=1S/C10H16N.6FH.Sb/c1-11(2,3)9-10-7-5-4-6-8-10;;;;;;;/h4-8H,9H2,1-3H3;6*1H;/q+1;;;;;;;+5/p-5. The Morgan fingerprint density at radius 1 is 0.889 bits per heavy atom. The molecule has 0 aliphatic rings. The van der Waals surface area contributed by atoms with Crippen LogP contribution in [0.5, 0.6) is 0 Å². The van der Waals surface area contributed by atoms with Gasteiger partial charge >= 0.3 is 37.8 Å². The second-order valence-electron chi connectivity index (χ2n) is 4.89. The first kappa shape index (κ1) is 17.6. The summed E-state index contributed by atoms with van der Waals surface area (Å²) in [6.07, 6.45) is 0. The van der Waals surface area contributed by atoms with Crippen molar-refractivity contribution in [2.24, 2.45) is 0 Å². The van der Waals surface area contributed by atoms with Gasteiger partial charge in [0.05, 0.1) is 21.1 Å². The van der Waals surface area contributed by atoms with Crippen molar-refractivity contribution in [2.75, 3.05) is 21.1 Å². The fourth-order valence-electron chi connectivity index (χ4n) is 1.13. The van der Waals surface area contributed by atoms with E-state index in [1.807, 2.05) is 0 Å².